The molecular weight excluding hydrogens is 414 g/mol. The summed E-state index contributed by atoms with van der Waals surface area (Å²) in [5, 5.41) is 5.92. The fourth-order valence-electron chi connectivity index (χ4n) is 4.63. The predicted molar refractivity (Wildman–Crippen MR) is 130 cm³/mol. The number of rotatable bonds is 4. The van der Waals surface area contributed by atoms with Crippen LogP contribution in [0, 0.1) is 6.92 Å². The number of benzene rings is 3. The molecular formula is C27H25N3O3. The molecule has 1 aromatic heterocycles. The van der Waals surface area contributed by atoms with E-state index < -0.39 is 5.41 Å². The number of anilines is 1. The molecule has 6 nitrogen and oxygen atoms in total. The minimum atomic E-state index is -1.03. The van der Waals surface area contributed by atoms with Crippen LogP contribution in [0.25, 0.3) is 21.7 Å². The van der Waals surface area contributed by atoms with Gasteiger partial charge in [0, 0.05) is 36.0 Å². The third-order valence-corrected chi connectivity index (χ3v) is 6.58. The van der Waals surface area contributed by atoms with E-state index in [1.54, 1.807) is 31.2 Å². The van der Waals surface area contributed by atoms with E-state index >= 15 is 0 Å². The van der Waals surface area contributed by atoms with Crippen molar-refractivity contribution in [3.8, 4) is 5.75 Å². The molecule has 4 aromatic rings. The highest BCUT2D eigenvalue weighted by Gasteiger charge is 2.45. The topological polar surface area (TPSA) is 71.5 Å². The third-order valence-electron chi connectivity index (χ3n) is 6.58. The van der Waals surface area contributed by atoms with E-state index in [9.17, 15) is 9.59 Å². The van der Waals surface area contributed by atoms with Crippen LogP contribution in [-0.2, 0) is 10.2 Å². The lowest BCUT2D eigenvalue weighted by Crippen LogP contribution is -2.53. The van der Waals surface area contributed by atoms with Crippen LogP contribution in [0.5, 0.6) is 5.75 Å². The van der Waals surface area contributed by atoms with Crippen LogP contribution in [-0.4, -0.2) is 37.5 Å². The highest BCUT2D eigenvalue weighted by molar-refractivity contribution is 6.19. The first-order valence-electron chi connectivity index (χ1n) is 10.9. The lowest BCUT2D eigenvalue weighted by Gasteiger charge is -2.38. The van der Waals surface area contributed by atoms with Crippen LogP contribution in [0.15, 0.2) is 60.7 Å². The van der Waals surface area contributed by atoms with Crippen molar-refractivity contribution < 1.29 is 14.3 Å². The van der Waals surface area contributed by atoms with E-state index in [1.807, 2.05) is 62.4 Å². The minimum Gasteiger partial charge on any atom is -0.497 e. The number of hydrogen-bond acceptors (Lipinski definition) is 4. The molecule has 33 heavy (non-hydrogen) atoms. The molecule has 5 rings (SSSR count). The molecule has 0 saturated carbocycles. The van der Waals surface area contributed by atoms with Crippen LogP contribution in [0.1, 0.15) is 28.5 Å². The van der Waals surface area contributed by atoms with E-state index in [0.717, 1.165) is 32.9 Å². The zero-order chi connectivity index (χ0) is 23.3. The number of amides is 2. The Morgan fingerprint density at radius 3 is 2.58 bits per heavy atom. The third kappa shape index (κ3) is 3.21. The van der Waals surface area contributed by atoms with E-state index in [0.29, 0.717) is 17.0 Å². The summed E-state index contributed by atoms with van der Waals surface area (Å²) in [6.07, 6.45) is 0. The van der Waals surface area contributed by atoms with Crippen molar-refractivity contribution in [2.24, 2.45) is 0 Å². The summed E-state index contributed by atoms with van der Waals surface area (Å²) in [5.41, 5.74) is 2.85. The Balaban J connectivity index is 1.65. The number of hydrogen-bond donors (Lipinski definition) is 1. The Morgan fingerprint density at radius 2 is 1.85 bits per heavy atom. The maximum absolute atomic E-state index is 13.6. The van der Waals surface area contributed by atoms with Crippen molar-refractivity contribution in [3.05, 3.63) is 77.5 Å². The Hall–Kier alpha value is -3.93. The highest BCUT2D eigenvalue weighted by atomic mass is 16.5. The summed E-state index contributed by atoms with van der Waals surface area (Å²) in [4.78, 5) is 33.1. The molecule has 1 aliphatic heterocycles. The number of aryl methyl sites for hydroxylation is 1. The molecule has 0 bridgehead atoms. The fraction of sp³-hybridized carbons (Fsp3) is 0.222. The number of nitrogens with zero attached hydrogens (tertiary/aromatic N) is 2. The lowest BCUT2D eigenvalue weighted by atomic mass is 9.78. The number of likely N-dealkylation sites (N-methyl/N-ethyl adjacent to an activating group) is 1. The van der Waals surface area contributed by atoms with Crippen molar-refractivity contribution in [2.45, 2.75) is 19.3 Å². The number of aromatic nitrogens is 1. The summed E-state index contributed by atoms with van der Waals surface area (Å²) in [6, 6.07) is 19.1. The standard InChI is InChI=1S/C27H25N3O3/c1-16-8-10-17(11-9-16)25(31)28-15-27(2)24-23-20(6-5-7-22(23)30(3)26(27)32)19-13-12-18(33-4)14-21(19)29-24/h5-14H,15H2,1-4H3,(H,28,31). The van der Waals surface area contributed by atoms with Crippen molar-refractivity contribution in [1.82, 2.24) is 10.3 Å². The molecule has 2 heterocycles. The van der Waals surface area contributed by atoms with Gasteiger partial charge < -0.3 is 15.0 Å². The van der Waals surface area contributed by atoms with Gasteiger partial charge in [0.05, 0.1) is 24.0 Å². The molecule has 0 radical (unpaired) electrons. The second kappa shape index (κ2) is 7.59. The molecule has 0 aliphatic carbocycles. The summed E-state index contributed by atoms with van der Waals surface area (Å²) < 4.78 is 5.40. The van der Waals surface area contributed by atoms with Crippen molar-refractivity contribution in [1.29, 1.82) is 0 Å². The first kappa shape index (κ1) is 20.9. The Labute approximate surface area is 192 Å². The van der Waals surface area contributed by atoms with Gasteiger partial charge in [0.25, 0.3) is 5.91 Å². The van der Waals surface area contributed by atoms with Gasteiger partial charge in [0.1, 0.15) is 11.2 Å². The van der Waals surface area contributed by atoms with Gasteiger partial charge >= 0.3 is 0 Å². The monoisotopic (exact) mass is 439 g/mol. The smallest absolute Gasteiger partial charge is 0.251 e. The molecule has 0 fully saturated rings. The fourth-order valence-corrected chi connectivity index (χ4v) is 4.63. The van der Waals surface area contributed by atoms with Gasteiger partial charge in [-0.05, 0) is 49.6 Å². The average molecular weight is 440 g/mol. The van der Waals surface area contributed by atoms with Crippen LogP contribution in [0.4, 0.5) is 5.69 Å². The van der Waals surface area contributed by atoms with Gasteiger partial charge in [0.15, 0.2) is 0 Å². The average Bonchev–Trinajstić information content (AvgIpc) is 2.84. The molecule has 2 amide bonds. The molecule has 1 N–H and O–H groups in total. The number of nitrogens with one attached hydrogen (secondary N) is 1. The van der Waals surface area contributed by atoms with Gasteiger partial charge in [-0.1, -0.05) is 29.8 Å². The van der Waals surface area contributed by atoms with E-state index in [2.05, 4.69) is 5.32 Å². The van der Waals surface area contributed by atoms with Gasteiger partial charge in [-0.3, -0.25) is 14.6 Å². The summed E-state index contributed by atoms with van der Waals surface area (Å²) in [6.45, 7) is 3.96. The number of ether oxygens (including phenoxy) is 1. The van der Waals surface area contributed by atoms with E-state index in [4.69, 9.17) is 9.72 Å². The SMILES string of the molecule is COc1ccc2c(c1)nc1c3c(cccc32)N(C)C(=O)C1(C)CNC(=O)c1ccc(C)cc1. The van der Waals surface area contributed by atoms with Gasteiger partial charge in [0.2, 0.25) is 5.91 Å². The van der Waals surface area contributed by atoms with E-state index in [1.165, 1.54) is 0 Å². The largest absolute Gasteiger partial charge is 0.497 e. The molecule has 0 spiro atoms. The van der Waals surface area contributed by atoms with E-state index in [-0.39, 0.29) is 18.4 Å². The van der Waals surface area contributed by atoms with Crippen LogP contribution < -0.4 is 15.0 Å². The molecule has 166 valence electrons. The quantitative estimate of drug-likeness (QED) is 0.480. The van der Waals surface area contributed by atoms with Crippen LogP contribution in [0.2, 0.25) is 0 Å². The van der Waals surface area contributed by atoms with Crippen molar-refractivity contribution >= 4 is 39.2 Å². The second-order valence-corrected chi connectivity index (χ2v) is 8.79. The number of fused-ring (bicyclic) bond motifs is 2. The molecule has 1 aliphatic rings. The molecule has 3 aromatic carbocycles. The number of pyridine rings is 1. The first-order valence-corrected chi connectivity index (χ1v) is 10.9. The Kier molecular flexibility index (Phi) is 4.81. The number of carbonyl (C=O) groups excluding carboxylic acids is 2. The van der Waals surface area contributed by atoms with Gasteiger partial charge in [-0.2, -0.15) is 0 Å². The maximum atomic E-state index is 13.6. The lowest BCUT2D eigenvalue weighted by molar-refractivity contribution is -0.123. The normalized spacial score (nSPS) is 17.5. The van der Waals surface area contributed by atoms with Crippen molar-refractivity contribution in [3.63, 3.8) is 0 Å². The summed E-state index contributed by atoms with van der Waals surface area (Å²) >= 11 is 0. The van der Waals surface area contributed by atoms with Crippen LogP contribution in [0.3, 0.4) is 0 Å². The minimum absolute atomic E-state index is 0.110. The molecule has 6 heteroatoms. The van der Waals surface area contributed by atoms with Crippen molar-refractivity contribution in [2.75, 3.05) is 25.6 Å². The summed E-state index contributed by atoms with van der Waals surface area (Å²) in [5.74, 6) is 0.372. The number of methoxy groups -OCH3 is 1. The molecule has 1 unspecified atom stereocenters. The highest BCUT2D eigenvalue weighted by Crippen LogP contribution is 2.44. The van der Waals surface area contributed by atoms with Gasteiger partial charge in [-0.25, -0.2) is 0 Å². The predicted octanol–water partition coefficient (Wildman–Crippen LogP) is 4.37. The first-order chi connectivity index (χ1) is 15.8. The Bertz CT molecular complexity index is 1430. The zero-order valence-electron chi connectivity index (χ0n) is 19.1. The maximum Gasteiger partial charge on any atom is 0.251 e. The van der Waals surface area contributed by atoms with Crippen LogP contribution >= 0.6 is 0 Å². The molecule has 0 saturated heterocycles. The molecule has 1 atom stereocenters. The summed E-state index contributed by atoms with van der Waals surface area (Å²) in [7, 11) is 3.39. The zero-order valence-corrected chi connectivity index (χ0v) is 19.1. The number of carbonyl (C=O) groups is 2. The Morgan fingerprint density at radius 1 is 1.09 bits per heavy atom. The van der Waals surface area contributed by atoms with Gasteiger partial charge in [-0.15, -0.1) is 0 Å². The second-order valence-electron chi connectivity index (χ2n) is 8.79.